The topological polar surface area (TPSA) is 26.2 Å². The molecular formula is C15H22N2O. The number of hydrogen-bond acceptors (Lipinski definition) is 2. The van der Waals surface area contributed by atoms with E-state index in [4.69, 9.17) is 4.74 Å². The summed E-state index contributed by atoms with van der Waals surface area (Å²) >= 11 is 0. The maximum Gasteiger partial charge on any atom is 0.0616 e. The molecule has 0 fully saturated rings. The van der Waals surface area contributed by atoms with E-state index in [2.05, 4.69) is 54.3 Å². The van der Waals surface area contributed by atoms with Gasteiger partial charge in [0.2, 0.25) is 0 Å². The highest BCUT2D eigenvalue weighted by atomic mass is 16.5. The summed E-state index contributed by atoms with van der Waals surface area (Å²) in [7, 11) is 2.09. The molecule has 1 N–H and O–H groups in total. The number of aromatic nitrogens is 1. The van der Waals surface area contributed by atoms with Crippen molar-refractivity contribution in [2.24, 2.45) is 7.05 Å². The Morgan fingerprint density at radius 2 is 2.11 bits per heavy atom. The molecule has 1 atom stereocenters. The Kier molecular flexibility index (Phi) is 4.39. The normalized spacial score (nSPS) is 13.1. The van der Waals surface area contributed by atoms with Gasteiger partial charge in [-0.3, -0.25) is 0 Å². The molecular weight excluding hydrogens is 224 g/mol. The third-order valence-electron chi connectivity index (χ3n) is 3.19. The molecule has 0 aliphatic heterocycles. The largest absolute Gasteiger partial charge is 0.380 e. The first-order valence-corrected chi connectivity index (χ1v) is 6.56. The van der Waals surface area contributed by atoms with Crippen LogP contribution in [0.25, 0.3) is 10.9 Å². The lowest BCUT2D eigenvalue weighted by Crippen LogP contribution is -2.30. The summed E-state index contributed by atoms with van der Waals surface area (Å²) in [6, 6.07) is 8.89. The van der Waals surface area contributed by atoms with Crippen molar-refractivity contribution in [1.29, 1.82) is 0 Å². The zero-order chi connectivity index (χ0) is 13.0. The van der Waals surface area contributed by atoms with E-state index in [1.165, 1.54) is 16.5 Å². The van der Waals surface area contributed by atoms with Crippen LogP contribution >= 0.6 is 0 Å². The molecule has 0 radical (unpaired) electrons. The molecule has 0 spiro atoms. The van der Waals surface area contributed by atoms with Gasteiger partial charge in [-0.15, -0.1) is 0 Å². The third kappa shape index (κ3) is 2.92. The van der Waals surface area contributed by atoms with E-state index >= 15 is 0 Å². The molecule has 1 unspecified atom stereocenters. The predicted octanol–water partition coefficient (Wildman–Crippen LogP) is 2.69. The Labute approximate surface area is 109 Å². The summed E-state index contributed by atoms with van der Waals surface area (Å²) in [6.45, 7) is 6.61. The van der Waals surface area contributed by atoms with Crippen molar-refractivity contribution >= 4 is 10.9 Å². The number of aryl methyl sites for hydroxylation is 1. The standard InChI is InChI=1S/C15H22N2O/c1-4-18-11-12(2)16-9-13-10-17(3)15-8-6-5-7-14(13)15/h5-8,10,12,16H,4,9,11H2,1-3H3. The second-order valence-electron chi connectivity index (χ2n) is 4.72. The lowest BCUT2D eigenvalue weighted by atomic mass is 10.1. The lowest BCUT2D eigenvalue weighted by molar-refractivity contribution is 0.127. The number of nitrogens with zero attached hydrogens (tertiary/aromatic N) is 1. The van der Waals surface area contributed by atoms with E-state index in [1.54, 1.807) is 0 Å². The number of ether oxygens (including phenoxy) is 1. The van der Waals surface area contributed by atoms with Crippen LogP contribution in [0.15, 0.2) is 30.5 Å². The quantitative estimate of drug-likeness (QED) is 0.848. The molecule has 0 bridgehead atoms. The summed E-state index contributed by atoms with van der Waals surface area (Å²) < 4.78 is 7.59. The predicted molar refractivity (Wildman–Crippen MR) is 75.7 cm³/mol. The molecule has 1 aromatic carbocycles. The molecule has 0 saturated heterocycles. The molecule has 0 aliphatic carbocycles. The molecule has 2 rings (SSSR count). The van der Waals surface area contributed by atoms with Gasteiger partial charge in [-0.25, -0.2) is 0 Å². The average molecular weight is 246 g/mol. The number of rotatable bonds is 6. The summed E-state index contributed by atoms with van der Waals surface area (Å²) in [6.07, 6.45) is 2.20. The second kappa shape index (κ2) is 6.03. The lowest BCUT2D eigenvalue weighted by Gasteiger charge is -2.13. The first-order valence-electron chi connectivity index (χ1n) is 6.56. The number of hydrogen-bond donors (Lipinski definition) is 1. The minimum Gasteiger partial charge on any atom is -0.380 e. The highest BCUT2D eigenvalue weighted by molar-refractivity contribution is 5.83. The van der Waals surface area contributed by atoms with Crippen molar-refractivity contribution in [3.05, 3.63) is 36.0 Å². The van der Waals surface area contributed by atoms with Gasteiger partial charge in [0.05, 0.1) is 6.61 Å². The van der Waals surface area contributed by atoms with Crippen molar-refractivity contribution in [2.75, 3.05) is 13.2 Å². The van der Waals surface area contributed by atoms with Crippen molar-refractivity contribution in [3.63, 3.8) is 0 Å². The van der Waals surface area contributed by atoms with Gasteiger partial charge < -0.3 is 14.6 Å². The van der Waals surface area contributed by atoms with Crippen LogP contribution in [0.2, 0.25) is 0 Å². The molecule has 0 saturated carbocycles. The summed E-state index contributed by atoms with van der Waals surface area (Å²) in [5.41, 5.74) is 2.63. The molecule has 0 aliphatic rings. The van der Waals surface area contributed by atoms with Crippen LogP contribution in [0.4, 0.5) is 0 Å². The Balaban J connectivity index is 2.03. The number of para-hydroxylation sites is 1. The Morgan fingerprint density at radius 3 is 2.89 bits per heavy atom. The van der Waals surface area contributed by atoms with Crippen LogP contribution < -0.4 is 5.32 Å². The van der Waals surface area contributed by atoms with Crippen LogP contribution in [0, 0.1) is 0 Å². The highest BCUT2D eigenvalue weighted by Crippen LogP contribution is 2.19. The number of benzene rings is 1. The van der Waals surface area contributed by atoms with Gasteiger partial charge >= 0.3 is 0 Å². The molecule has 3 heteroatoms. The van der Waals surface area contributed by atoms with E-state index in [0.717, 1.165) is 19.8 Å². The highest BCUT2D eigenvalue weighted by Gasteiger charge is 2.07. The van der Waals surface area contributed by atoms with Crippen molar-refractivity contribution in [1.82, 2.24) is 9.88 Å². The smallest absolute Gasteiger partial charge is 0.0616 e. The molecule has 1 aromatic heterocycles. The fourth-order valence-electron chi connectivity index (χ4n) is 2.20. The van der Waals surface area contributed by atoms with Crippen LogP contribution in [0.1, 0.15) is 19.4 Å². The zero-order valence-electron chi connectivity index (χ0n) is 11.4. The van der Waals surface area contributed by atoms with Gasteiger partial charge in [0.15, 0.2) is 0 Å². The van der Waals surface area contributed by atoms with E-state index in [9.17, 15) is 0 Å². The minimum absolute atomic E-state index is 0.379. The number of fused-ring (bicyclic) bond motifs is 1. The van der Waals surface area contributed by atoms with E-state index in [0.29, 0.717) is 6.04 Å². The van der Waals surface area contributed by atoms with Crippen LogP contribution in [-0.2, 0) is 18.3 Å². The molecule has 3 nitrogen and oxygen atoms in total. The van der Waals surface area contributed by atoms with E-state index in [-0.39, 0.29) is 0 Å². The fraction of sp³-hybridized carbons (Fsp3) is 0.467. The Bertz CT molecular complexity index is 504. The Morgan fingerprint density at radius 1 is 1.33 bits per heavy atom. The van der Waals surface area contributed by atoms with E-state index < -0.39 is 0 Å². The molecule has 18 heavy (non-hydrogen) atoms. The third-order valence-corrected chi connectivity index (χ3v) is 3.19. The average Bonchev–Trinajstić information content (AvgIpc) is 2.71. The van der Waals surface area contributed by atoms with Gasteiger partial charge in [0.25, 0.3) is 0 Å². The van der Waals surface area contributed by atoms with Gasteiger partial charge in [0, 0.05) is 43.3 Å². The molecule has 0 amide bonds. The van der Waals surface area contributed by atoms with Gasteiger partial charge in [-0.05, 0) is 25.5 Å². The molecule has 2 aromatic rings. The van der Waals surface area contributed by atoms with Crippen LogP contribution in [-0.4, -0.2) is 23.8 Å². The van der Waals surface area contributed by atoms with Crippen molar-refractivity contribution < 1.29 is 4.74 Å². The second-order valence-corrected chi connectivity index (χ2v) is 4.72. The molecule has 1 heterocycles. The van der Waals surface area contributed by atoms with Gasteiger partial charge in [0.1, 0.15) is 0 Å². The minimum atomic E-state index is 0.379. The van der Waals surface area contributed by atoms with Crippen LogP contribution in [0.3, 0.4) is 0 Å². The van der Waals surface area contributed by atoms with Crippen molar-refractivity contribution in [2.45, 2.75) is 26.4 Å². The first-order chi connectivity index (χ1) is 8.72. The molecule has 98 valence electrons. The Hall–Kier alpha value is -1.32. The number of nitrogens with one attached hydrogen (secondary N) is 1. The fourth-order valence-corrected chi connectivity index (χ4v) is 2.20. The van der Waals surface area contributed by atoms with E-state index in [1.807, 2.05) is 6.92 Å². The summed E-state index contributed by atoms with van der Waals surface area (Å²) in [5, 5.41) is 4.83. The summed E-state index contributed by atoms with van der Waals surface area (Å²) in [5.74, 6) is 0. The maximum absolute atomic E-state index is 5.41. The zero-order valence-corrected chi connectivity index (χ0v) is 11.4. The van der Waals surface area contributed by atoms with Gasteiger partial charge in [-0.1, -0.05) is 18.2 Å². The van der Waals surface area contributed by atoms with Gasteiger partial charge in [-0.2, -0.15) is 0 Å². The maximum atomic E-state index is 5.41. The monoisotopic (exact) mass is 246 g/mol. The van der Waals surface area contributed by atoms with Crippen LogP contribution in [0.5, 0.6) is 0 Å². The first kappa shape index (κ1) is 13.1. The SMILES string of the molecule is CCOCC(C)NCc1cn(C)c2ccccc12. The van der Waals surface area contributed by atoms with Crippen molar-refractivity contribution in [3.8, 4) is 0 Å². The summed E-state index contributed by atoms with van der Waals surface area (Å²) in [4.78, 5) is 0.